The van der Waals surface area contributed by atoms with E-state index in [4.69, 9.17) is 19.4 Å². The number of aromatic nitrogens is 4. The number of para-hydroxylation sites is 2. The Hall–Kier alpha value is -8.15. The molecule has 0 saturated carbocycles. The largest absolute Gasteiger partial charge is 0.456 e. The van der Waals surface area contributed by atoms with E-state index in [-0.39, 0.29) is 0 Å². The molecule has 0 saturated heterocycles. The van der Waals surface area contributed by atoms with E-state index in [2.05, 4.69) is 156 Å². The van der Waals surface area contributed by atoms with Crippen LogP contribution in [-0.2, 0) is 0 Å². The van der Waals surface area contributed by atoms with Gasteiger partial charge < -0.3 is 8.98 Å². The molecule has 0 N–H and O–H groups in total. The first kappa shape index (κ1) is 33.9. The third-order valence-electron chi connectivity index (χ3n) is 11.6. The normalized spacial score (nSPS) is 11.7. The van der Waals surface area contributed by atoms with Gasteiger partial charge in [0.2, 0.25) is 0 Å². The fourth-order valence-electron chi connectivity index (χ4n) is 8.68. The van der Waals surface area contributed by atoms with Crippen molar-refractivity contribution in [3.63, 3.8) is 0 Å². The zero-order valence-corrected chi connectivity index (χ0v) is 32.3. The molecule has 280 valence electrons. The first-order valence-corrected chi connectivity index (χ1v) is 20.2. The zero-order valence-electron chi connectivity index (χ0n) is 32.3. The second-order valence-electron chi connectivity index (χ2n) is 15.3. The van der Waals surface area contributed by atoms with Gasteiger partial charge in [0.25, 0.3) is 0 Å². The summed E-state index contributed by atoms with van der Waals surface area (Å²) in [6.45, 7) is 0. The number of nitrogens with zero attached hydrogens (tertiary/aromatic N) is 4. The van der Waals surface area contributed by atoms with Gasteiger partial charge in [-0.05, 0) is 87.6 Å². The van der Waals surface area contributed by atoms with E-state index >= 15 is 0 Å². The maximum Gasteiger partial charge on any atom is 0.164 e. The first-order chi connectivity index (χ1) is 29.7. The average molecular weight is 767 g/mol. The van der Waals surface area contributed by atoms with E-state index in [9.17, 15) is 0 Å². The van der Waals surface area contributed by atoms with Gasteiger partial charge in [-0.25, -0.2) is 15.0 Å². The standard InChI is InChI=1S/C55H34N4O/c1-2-13-36(14-3-1)53-56-54(58-55(57-53)43-27-29-48-47-21-7-9-23-51(47)60-52(48)34-43)42-18-10-16-38(31-42)39-17-11-19-44(32-39)59-49-22-8-6-20-45(49)46-28-26-41(33-50(46)59)40-25-24-35-12-4-5-15-37(35)30-40/h1-34H. The van der Waals surface area contributed by atoms with Crippen LogP contribution < -0.4 is 0 Å². The molecule has 0 radical (unpaired) electrons. The molecule has 5 heteroatoms. The number of benzene rings is 9. The topological polar surface area (TPSA) is 56.7 Å². The van der Waals surface area contributed by atoms with Gasteiger partial charge in [-0.3, -0.25) is 0 Å². The molecule has 12 rings (SSSR count). The predicted octanol–water partition coefficient (Wildman–Crippen LogP) is 14.4. The minimum atomic E-state index is 0.586. The van der Waals surface area contributed by atoms with E-state index in [1.165, 1.54) is 43.7 Å². The lowest BCUT2D eigenvalue weighted by Crippen LogP contribution is -2.00. The summed E-state index contributed by atoms with van der Waals surface area (Å²) in [5.41, 5.74) is 12.3. The lowest BCUT2D eigenvalue weighted by Gasteiger charge is -2.12. The van der Waals surface area contributed by atoms with Crippen molar-refractivity contribution in [1.29, 1.82) is 0 Å². The average Bonchev–Trinajstić information content (AvgIpc) is 3.86. The molecule has 3 heterocycles. The van der Waals surface area contributed by atoms with Crippen molar-refractivity contribution < 1.29 is 4.42 Å². The maximum atomic E-state index is 6.26. The van der Waals surface area contributed by atoms with Gasteiger partial charge >= 0.3 is 0 Å². The Morgan fingerprint density at radius 3 is 1.72 bits per heavy atom. The van der Waals surface area contributed by atoms with Crippen LogP contribution in [0, 0.1) is 0 Å². The SMILES string of the molecule is c1ccc(-c2nc(-c3cccc(-c4cccc(-n5c6ccccc6c6ccc(-c7ccc8ccccc8c7)cc65)c4)c3)nc(-c3ccc4c(c3)oc3ccccc34)n2)cc1. The summed E-state index contributed by atoms with van der Waals surface area (Å²) in [5.74, 6) is 1.80. The molecule has 60 heavy (non-hydrogen) atoms. The Morgan fingerprint density at radius 2 is 0.850 bits per heavy atom. The van der Waals surface area contributed by atoms with E-state index in [0.29, 0.717) is 17.5 Å². The summed E-state index contributed by atoms with van der Waals surface area (Å²) >= 11 is 0. The van der Waals surface area contributed by atoms with Gasteiger partial charge in [-0.2, -0.15) is 0 Å². The van der Waals surface area contributed by atoms with E-state index in [1.807, 2.05) is 54.6 Å². The molecule has 0 atom stereocenters. The highest BCUT2D eigenvalue weighted by atomic mass is 16.3. The van der Waals surface area contributed by atoms with Crippen molar-refractivity contribution >= 4 is 54.5 Å². The van der Waals surface area contributed by atoms with Crippen molar-refractivity contribution in [2.45, 2.75) is 0 Å². The molecule has 0 aliphatic rings. The summed E-state index contributed by atoms with van der Waals surface area (Å²) in [4.78, 5) is 15.2. The second-order valence-corrected chi connectivity index (χ2v) is 15.3. The van der Waals surface area contributed by atoms with E-state index in [1.54, 1.807) is 0 Å². The minimum Gasteiger partial charge on any atom is -0.456 e. The van der Waals surface area contributed by atoms with Crippen LogP contribution in [-0.4, -0.2) is 19.5 Å². The molecule has 0 aliphatic carbocycles. The van der Waals surface area contributed by atoms with Crippen molar-refractivity contribution in [2.75, 3.05) is 0 Å². The minimum absolute atomic E-state index is 0.586. The Labute approximate surface area is 345 Å². The van der Waals surface area contributed by atoms with Crippen LogP contribution in [0.3, 0.4) is 0 Å². The number of hydrogen-bond acceptors (Lipinski definition) is 4. The zero-order chi connectivity index (χ0) is 39.6. The molecule has 12 aromatic rings. The van der Waals surface area contributed by atoms with Crippen LogP contribution in [0.2, 0.25) is 0 Å². The number of rotatable bonds is 6. The van der Waals surface area contributed by atoms with Crippen LogP contribution in [0.4, 0.5) is 0 Å². The summed E-state index contributed by atoms with van der Waals surface area (Å²) in [6, 6.07) is 72.5. The molecular weight excluding hydrogens is 733 g/mol. The van der Waals surface area contributed by atoms with Gasteiger partial charge in [0.05, 0.1) is 11.0 Å². The van der Waals surface area contributed by atoms with Crippen LogP contribution in [0.1, 0.15) is 0 Å². The molecule has 9 aromatic carbocycles. The van der Waals surface area contributed by atoms with Gasteiger partial charge in [0.1, 0.15) is 11.2 Å². The van der Waals surface area contributed by atoms with Crippen molar-refractivity contribution in [1.82, 2.24) is 19.5 Å². The molecule has 5 nitrogen and oxygen atoms in total. The monoisotopic (exact) mass is 766 g/mol. The molecule has 0 amide bonds. The quantitative estimate of drug-likeness (QED) is 0.169. The second kappa shape index (κ2) is 13.8. The third-order valence-corrected chi connectivity index (χ3v) is 11.6. The fourth-order valence-corrected chi connectivity index (χ4v) is 8.68. The third kappa shape index (κ3) is 5.75. The highest BCUT2D eigenvalue weighted by Crippen LogP contribution is 2.38. The molecule has 0 bridgehead atoms. The van der Waals surface area contributed by atoms with Gasteiger partial charge in [0, 0.05) is 43.9 Å². The fraction of sp³-hybridized carbons (Fsp3) is 0. The summed E-state index contributed by atoms with van der Waals surface area (Å²) < 4.78 is 8.65. The van der Waals surface area contributed by atoms with Crippen LogP contribution in [0.15, 0.2) is 211 Å². The number of furan rings is 1. The molecule has 0 fully saturated rings. The van der Waals surface area contributed by atoms with Crippen molar-refractivity contribution in [3.8, 4) is 62.1 Å². The van der Waals surface area contributed by atoms with E-state index < -0.39 is 0 Å². The first-order valence-electron chi connectivity index (χ1n) is 20.2. The summed E-state index contributed by atoms with van der Waals surface area (Å²) in [6.07, 6.45) is 0. The molecule has 0 spiro atoms. The maximum absolute atomic E-state index is 6.26. The molecular formula is C55H34N4O. The van der Waals surface area contributed by atoms with Crippen molar-refractivity contribution in [3.05, 3.63) is 206 Å². The Bertz CT molecular complexity index is 3620. The van der Waals surface area contributed by atoms with Crippen molar-refractivity contribution in [2.24, 2.45) is 0 Å². The lowest BCUT2D eigenvalue weighted by molar-refractivity contribution is 0.669. The predicted molar refractivity (Wildman–Crippen MR) is 246 cm³/mol. The number of fused-ring (bicyclic) bond motifs is 7. The highest BCUT2D eigenvalue weighted by Gasteiger charge is 2.17. The van der Waals surface area contributed by atoms with Crippen LogP contribution in [0.5, 0.6) is 0 Å². The summed E-state index contributed by atoms with van der Waals surface area (Å²) in [5, 5.41) is 7.08. The Morgan fingerprint density at radius 1 is 0.300 bits per heavy atom. The Kier molecular flexibility index (Phi) is 7.78. The lowest BCUT2D eigenvalue weighted by atomic mass is 10.00. The summed E-state index contributed by atoms with van der Waals surface area (Å²) in [7, 11) is 0. The molecule has 0 aliphatic heterocycles. The molecule has 3 aromatic heterocycles. The smallest absolute Gasteiger partial charge is 0.164 e. The van der Waals surface area contributed by atoms with Crippen LogP contribution in [0.25, 0.3) is 117 Å². The van der Waals surface area contributed by atoms with Crippen LogP contribution >= 0.6 is 0 Å². The number of hydrogen-bond donors (Lipinski definition) is 0. The van der Waals surface area contributed by atoms with Gasteiger partial charge in [-0.15, -0.1) is 0 Å². The van der Waals surface area contributed by atoms with E-state index in [0.717, 1.165) is 55.4 Å². The highest BCUT2D eigenvalue weighted by molar-refractivity contribution is 6.10. The van der Waals surface area contributed by atoms with Gasteiger partial charge in [-0.1, -0.05) is 152 Å². The van der Waals surface area contributed by atoms with Gasteiger partial charge in [0.15, 0.2) is 17.5 Å². The molecule has 0 unspecified atom stereocenters. The Balaban J connectivity index is 0.966.